The number of benzene rings is 1. The Morgan fingerprint density at radius 3 is 2.57 bits per heavy atom. The fourth-order valence-corrected chi connectivity index (χ4v) is 2.91. The van der Waals surface area contributed by atoms with E-state index in [1.54, 1.807) is 13.2 Å². The first kappa shape index (κ1) is 15.8. The highest BCUT2D eigenvalue weighted by Crippen LogP contribution is 2.36. The maximum atomic E-state index is 11.0. The van der Waals surface area contributed by atoms with E-state index in [1.165, 1.54) is 26.2 Å². The highest BCUT2D eigenvalue weighted by molar-refractivity contribution is 6.04. The van der Waals surface area contributed by atoms with Crippen molar-refractivity contribution in [1.29, 1.82) is 0 Å². The molecule has 3 aliphatic heterocycles. The van der Waals surface area contributed by atoms with E-state index in [9.17, 15) is 4.79 Å². The van der Waals surface area contributed by atoms with Crippen molar-refractivity contribution in [3.05, 3.63) is 29.8 Å². The molecule has 1 saturated carbocycles. The van der Waals surface area contributed by atoms with Gasteiger partial charge in [0.15, 0.2) is 0 Å². The number of fused-ring (bicyclic) bond motifs is 1. The Kier molecular flexibility index (Phi) is 4.26. The Labute approximate surface area is 135 Å². The van der Waals surface area contributed by atoms with Gasteiger partial charge in [0.25, 0.3) is 0 Å². The van der Waals surface area contributed by atoms with Gasteiger partial charge in [0.05, 0.1) is 25.0 Å². The maximum absolute atomic E-state index is 11.0. The van der Waals surface area contributed by atoms with E-state index >= 15 is 0 Å². The largest absolute Gasteiger partial charge is 0.497 e. The number of hydrogen-bond acceptors (Lipinski definition) is 5. The van der Waals surface area contributed by atoms with Crippen LogP contribution in [0.15, 0.2) is 29.4 Å². The molecule has 0 amide bonds. The minimum atomic E-state index is -1.27. The minimum absolute atomic E-state index is 0.246. The molecule has 1 aromatic carbocycles. The van der Waals surface area contributed by atoms with Crippen molar-refractivity contribution < 1.29 is 24.2 Å². The predicted octanol–water partition coefficient (Wildman–Crippen LogP) is 2.60. The van der Waals surface area contributed by atoms with Crippen LogP contribution in [-0.2, 0) is 14.4 Å². The number of oxime groups is 1. The molecule has 3 unspecified atom stereocenters. The molecule has 4 aliphatic rings. The first-order chi connectivity index (χ1) is 11.0. The van der Waals surface area contributed by atoms with Crippen LogP contribution >= 0.6 is 0 Å². The number of hydrogen-bond donors (Lipinski definition) is 1. The van der Waals surface area contributed by atoms with E-state index in [-0.39, 0.29) is 6.42 Å². The topological polar surface area (TPSA) is 77.3 Å². The molecule has 5 rings (SSSR count). The lowest BCUT2D eigenvalue weighted by Crippen LogP contribution is -2.35. The SMILES string of the molecule is C1CC2CC1O2.COc1cccc(C2=NOC(C)(C(=O)O)C2)c1. The molecule has 3 fully saturated rings. The lowest BCUT2D eigenvalue weighted by Gasteiger charge is -2.23. The summed E-state index contributed by atoms with van der Waals surface area (Å²) in [5.74, 6) is -0.312. The van der Waals surface area contributed by atoms with Gasteiger partial charge in [0, 0.05) is 12.0 Å². The lowest BCUT2D eigenvalue weighted by atomic mass is 9.96. The van der Waals surface area contributed by atoms with Gasteiger partial charge in [0.2, 0.25) is 5.60 Å². The van der Waals surface area contributed by atoms with Crippen molar-refractivity contribution in [3.63, 3.8) is 0 Å². The predicted molar refractivity (Wildman–Crippen MR) is 83.8 cm³/mol. The third kappa shape index (κ3) is 3.32. The third-order valence-electron chi connectivity index (χ3n) is 4.44. The molecule has 3 atom stereocenters. The quantitative estimate of drug-likeness (QED) is 0.926. The molecule has 1 aromatic rings. The number of ether oxygens (including phenoxy) is 2. The molecule has 124 valence electrons. The van der Waals surface area contributed by atoms with Gasteiger partial charge in [-0.2, -0.15) is 0 Å². The van der Waals surface area contributed by atoms with Gasteiger partial charge < -0.3 is 19.4 Å². The monoisotopic (exact) mass is 319 g/mol. The molecule has 3 heterocycles. The molecule has 1 N–H and O–H groups in total. The van der Waals surface area contributed by atoms with Gasteiger partial charge >= 0.3 is 5.97 Å². The van der Waals surface area contributed by atoms with Gasteiger partial charge in [-0.15, -0.1) is 0 Å². The molecule has 2 saturated heterocycles. The van der Waals surface area contributed by atoms with Crippen LogP contribution in [0.4, 0.5) is 0 Å². The van der Waals surface area contributed by atoms with Crippen molar-refractivity contribution >= 4 is 11.7 Å². The molecule has 0 radical (unpaired) electrons. The summed E-state index contributed by atoms with van der Waals surface area (Å²) in [7, 11) is 1.58. The van der Waals surface area contributed by atoms with E-state index in [1.807, 2.05) is 18.2 Å². The highest BCUT2D eigenvalue weighted by atomic mass is 16.7. The zero-order chi connectivity index (χ0) is 16.4. The summed E-state index contributed by atoms with van der Waals surface area (Å²) in [5, 5.41) is 12.9. The second-order valence-corrected chi connectivity index (χ2v) is 6.27. The van der Waals surface area contributed by atoms with Gasteiger partial charge in [-0.3, -0.25) is 0 Å². The summed E-state index contributed by atoms with van der Waals surface area (Å²) in [4.78, 5) is 16.0. The number of carbonyl (C=O) groups is 1. The summed E-state index contributed by atoms with van der Waals surface area (Å²) in [6, 6.07) is 7.29. The van der Waals surface area contributed by atoms with E-state index in [0.29, 0.717) is 23.7 Å². The van der Waals surface area contributed by atoms with Crippen molar-refractivity contribution in [3.8, 4) is 5.75 Å². The van der Waals surface area contributed by atoms with Crippen LogP contribution in [0.1, 0.15) is 38.2 Å². The minimum Gasteiger partial charge on any atom is -0.497 e. The molecule has 6 nitrogen and oxygen atoms in total. The Bertz CT molecular complexity index is 610. The fourth-order valence-electron chi connectivity index (χ4n) is 2.91. The zero-order valence-corrected chi connectivity index (χ0v) is 13.3. The average molecular weight is 319 g/mol. The van der Waals surface area contributed by atoms with Gasteiger partial charge in [0.1, 0.15) is 5.75 Å². The van der Waals surface area contributed by atoms with Crippen molar-refractivity contribution in [2.75, 3.05) is 7.11 Å². The number of aliphatic carboxylic acids is 1. The molecule has 23 heavy (non-hydrogen) atoms. The van der Waals surface area contributed by atoms with Crippen molar-refractivity contribution in [2.45, 2.75) is 50.4 Å². The molecule has 1 aliphatic carbocycles. The summed E-state index contributed by atoms with van der Waals surface area (Å²) < 4.78 is 10.4. The Morgan fingerprint density at radius 2 is 2.09 bits per heavy atom. The Hall–Kier alpha value is -2.08. The van der Waals surface area contributed by atoms with Crippen LogP contribution in [0.5, 0.6) is 5.75 Å². The second-order valence-electron chi connectivity index (χ2n) is 6.27. The van der Waals surface area contributed by atoms with Gasteiger partial charge in [-0.25, -0.2) is 4.79 Å². The van der Waals surface area contributed by atoms with Crippen LogP contribution in [-0.4, -0.2) is 41.7 Å². The number of carboxylic acid groups (broad SMARTS) is 1. The van der Waals surface area contributed by atoms with E-state index in [0.717, 1.165) is 5.56 Å². The fraction of sp³-hybridized carbons (Fsp3) is 0.529. The molecule has 6 heteroatoms. The average Bonchev–Trinajstić information content (AvgIpc) is 3.24. The molecule has 0 spiro atoms. The summed E-state index contributed by atoms with van der Waals surface area (Å²) >= 11 is 0. The van der Waals surface area contributed by atoms with Crippen molar-refractivity contribution in [1.82, 2.24) is 0 Å². The number of nitrogens with zero attached hydrogens (tertiary/aromatic N) is 1. The highest BCUT2D eigenvalue weighted by Gasteiger charge is 2.42. The van der Waals surface area contributed by atoms with Gasteiger partial charge in [-0.1, -0.05) is 17.3 Å². The number of carboxylic acids is 1. The van der Waals surface area contributed by atoms with E-state index in [4.69, 9.17) is 19.4 Å². The van der Waals surface area contributed by atoms with Crippen LogP contribution in [0, 0.1) is 0 Å². The summed E-state index contributed by atoms with van der Waals surface area (Å²) in [6.45, 7) is 1.51. The Morgan fingerprint density at radius 1 is 1.39 bits per heavy atom. The number of methoxy groups -OCH3 is 1. The molecular weight excluding hydrogens is 298 g/mol. The van der Waals surface area contributed by atoms with Crippen LogP contribution in [0.25, 0.3) is 0 Å². The molecule has 0 aromatic heterocycles. The van der Waals surface area contributed by atoms with Crippen LogP contribution < -0.4 is 4.74 Å². The summed E-state index contributed by atoms with van der Waals surface area (Å²) in [6.07, 6.45) is 5.66. The normalized spacial score (nSPS) is 30.4. The molecule has 2 bridgehead atoms. The van der Waals surface area contributed by atoms with Crippen LogP contribution in [0.2, 0.25) is 0 Å². The van der Waals surface area contributed by atoms with E-state index < -0.39 is 11.6 Å². The second kappa shape index (κ2) is 6.20. The smallest absolute Gasteiger partial charge is 0.351 e. The van der Waals surface area contributed by atoms with Gasteiger partial charge in [-0.05, 0) is 38.3 Å². The first-order valence-electron chi connectivity index (χ1n) is 7.78. The zero-order valence-electron chi connectivity index (χ0n) is 13.3. The third-order valence-corrected chi connectivity index (χ3v) is 4.44. The van der Waals surface area contributed by atoms with Crippen LogP contribution in [0.3, 0.4) is 0 Å². The standard InChI is InChI=1S/C12H13NO4.C5H8O/c1-12(11(14)15)7-10(13-17-12)8-4-3-5-9(6-8)16-2;1-2-5-3-4(1)6-5/h3-6H,7H2,1-2H3,(H,14,15);4-5H,1-3H2. The maximum Gasteiger partial charge on any atom is 0.351 e. The lowest BCUT2D eigenvalue weighted by molar-refractivity contribution is -0.160. The first-order valence-corrected chi connectivity index (χ1v) is 7.78. The van der Waals surface area contributed by atoms with Crippen molar-refractivity contribution in [2.24, 2.45) is 5.16 Å². The Balaban J connectivity index is 0.000000213. The summed E-state index contributed by atoms with van der Waals surface area (Å²) in [5.41, 5.74) is 0.168. The number of rotatable bonds is 3. The molecular formula is C17H21NO5. The van der Waals surface area contributed by atoms with E-state index in [2.05, 4.69) is 5.16 Å².